The van der Waals surface area contributed by atoms with Crippen LogP contribution >= 0.6 is 11.6 Å². The fraction of sp³-hybridized carbons (Fsp3) is 0.231. The van der Waals surface area contributed by atoms with Crippen LogP contribution in [0.4, 0.5) is 0 Å². The lowest BCUT2D eigenvalue weighted by atomic mass is 10.1. The molecule has 0 unspecified atom stereocenters. The van der Waals surface area contributed by atoms with Crippen LogP contribution < -0.4 is 0 Å². The number of rotatable bonds is 2. The van der Waals surface area contributed by atoms with E-state index < -0.39 is 0 Å². The average Bonchev–Trinajstić information content (AvgIpc) is 2.27. The molecule has 1 aromatic heterocycles. The SMILES string of the molecule is CC(C)OC(=O)c1ccc2nc(Cl)ccc2c1. The first kappa shape index (κ1) is 11.9. The zero-order valence-corrected chi connectivity index (χ0v) is 10.4. The molecule has 0 amide bonds. The number of ether oxygens (including phenoxy) is 1. The standard InChI is InChI=1S/C13H12ClNO2/c1-8(2)17-13(16)10-3-5-11-9(7-10)4-6-12(14)15-11/h3-8H,1-2H3. The molecule has 2 rings (SSSR count). The number of halogens is 1. The molecular formula is C13H12ClNO2. The Morgan fingerprint density at radius 1 is 1.29 bits per heavy atom. The van der Waals surface area contributed by atoms with Gasteiger partial charge >= 0.3 is 5.97 Å². The van der Waals surface area contributed by atoms with Gasteiger partial charge in [0.05, 0.1) is 17.2 Å². The minimum Gasteiger partial charge on any atom is -0.459 e. The van der Waals surface area contributed by atoms with E-state index in [1.807, 2.05) is 19.9 Å². The predicted octanol–water partition coefficient (Wildman–Crippen LogP) is 3.45. The lowest BCUT2D eigenvalue weighted by Gasteiger charge is -2.08. The number of hydrogen-bond acceptors (Lipinski definition) is 3. The molecule has 0 saturated carbocycles. The summed E-state index contributed by atoms with van der Waals surface area (Å²) in [5.74, 6) is -0.322. The maximum absolute atomic E-state index is 11.7. The summed E-state index contributed by atoms with van der Waals surface area (Å²) in [5, 5.41) is 1.31. The van der Waals surface area contributed by atoms with E-state index in [2.05, 4.69) is 4.98 Å². The van der Waals surface area contributed by atoms with Crippen LogP contribution in [0.3, 0.4) is 0 Å². The van der Waals surface area contributed by atoms with Gasteiger partial charge in [-0.1, -0.05) is 11.6 Å². The largest absolute Gasteiger partial charge is 0.459 e. The van der Waals surface area contributed by atoms with Gasteiger partial charge in [-0.3, -0.25) is 0 Å². The minimum atomic E-state index is -0.322. The molecule has 2 aromatic rings. The van der Waals surface area contributed by atoms with E-state index in [1.165, 1.54) is 0 Å². The molecule has 0 bridgehead atoms. The lowest BCUT2D eigenvalue weighted by Crippen LogP contribution is -2.11. The number of carbonyl (C=O) groups excluding carboxylic acids is 1. The monoisotopic (exact) mass is 249 g/mol. The van der Waals surface area contributed by atoms with Crippen LogP contribution in [0.5, 0.6) is 0 Å². The zero-order valence-electron chi connectivity index (χ0n) is 9.61. The second-order valence-corrected chi connectivity index (χ2v) is 4.38. The Morgan fingerprint density at radius 2 is 2.06 bits per heavy atom. The molecule has 1 heterocycles. The van der Waals surface area contributed by atoms with Crippen molar-refractivity contribution in [2.45, 2.75) is 20.0 Å². The molecule has 0 N–H and O–H groups in total. The third kappa shape index (κ3) is 2.74. The highest BCUT2D eigenvalue weighted by atomic mass is 35.5. The van der Waals surface area contributed by atoms with Crippen LogP contribution in [-0.2, 0) is 4.74 Å². The molecule has 4 heteroatoms. The molecule has 0 aliphatic rings. The maximum atomic E-state index is 11.7. The minimum absolute atomic E-state index is 0.124. The number of fused-ring (bicyclic) bond motifs is 1. The summed E-state index contributed by atoms with van der Waals surface area (Å²) in [4.78, 5) is 15.8. The van der Waals surface area contributed by atoms with Crippen LogP contribution in [0.2, 0.25) is 5.15 Å². The molecular weight excluding hydrogens is 238 g/mol. The van der Waals surface area contributed by atoms with Crippen molar-refractivity contribution >= 4 is 28.5 Å². The van der Waals surface area contributed by atoms with Crippen molar-refractivity contribution in [1.82, 2.24) is 4.98 Å². The van der Waals surface area contributed by atoms with Crippen LogP contribution in [-0.4, -0.2) is 17.1 Å². The lowest BCUT2D eigenvalue weighted by molar-refractivity contribution is 0.0378. The predicted molar refractivity (Wildman–Crippen MR) is 67.3 cm³/mol. The van der Waals surface area contributed by atoms with Gasteiger partial charge in [0.15, 0.2) is 0 Å². The summed E-state index contributed by atoms with van der Waals surface area (Å²) in [6.45, 7) is 3.64. The van der Waals surface area contributed by atoms with Gasteiger partial charge in [0.1, 0.15) is 5.15 Å². The third-order valence-corrected chi connectivity index (χ3v) is 2.44. The van der Waals surface area contributed by atoms with Gasteiger partial charge < -0.3 is 4.74 Å². The quantitative estimate of drug-likeness (QED) is 0.604. The van der Waals surface area contributed by atoms with Crippen molar-refractivity contribution in [3.8, 4) is 0 Å². The Hall–Kier alpha value is -1.61. The van der Waals surface area contributed by atoms with Crippen LogP contribution in [0.25, 0.3) is 10.9 Å². The van der Waals surface area contributed by atoms with Gasteiger partial charge in [-0.15, -0.1) is 0 Å². The number of aromatic nitrogens is 1. The van der Waals surface area contributed by atoms with Gasteiger partial charge in [-0.05, 0) is 44.2 Å². The van der Waals surface area contributed by atoms with E-state index in [0.29, 0.717) is 10.7 Å². The topological polar surface area (TPSA) is 39.2 Å². The summed E-state index contributed by atoms with van der Waals surface area (Å²) in [7, 11) is 0. The number of benzene rings is 1. The summed E-state index contributed by atoms with van der Waals surface area (Å²) in [6.07, 6.45) is -0.124. The van der Waals surface area contributed by atoms with Crippen LogP contribution in [0, 0.1) is 0 Å². The number of nitrogens with zero attached hydrogens (tertiary/aromatic N) is 1. The highest BCUT2D eigenvalue weighted by Crippen LogP contribution is 2.17. The number of pyridine rings is 1. The maximum Gasteiger partial charge on any atom is 0.338 e. The summed E-state index contributed by atoms with van der Waals surface area (Å²) in [6, 6.07) is 8.73. The molecule has 0 fully saturated rings. The molecule has 0 aliphatic carbocycles. The van der Waals surface area contributed by atoms with Gasteiger partial charge in [0.2, 0.25) is 0 Å². The number of hydrogen-bond donors (Lipinski definition) is 0. The zero-order chi connectivity index (χ0) is 12.4. The van der Waals surface area contributed by atoms with Crippen LogP contribution in [0.15, 0.2) is 30.3 Å². The highest BCUT2D eigenvalue weighted by Gasteiger charge is 2.09. The molecule has 0 aliphatic heterocycles. The van der Waals surface area contributed by atoms with Crippen molar-refractivity contribution < 1.29 is 9.53 Å². The smallest absolute Gasteiger partial charge is 0.338 e. The summed E-state index contributed by atoms with van der Waals surface area (Å²) >= 11 is 5.79. The van der Waals surface area contributed by atoms with Crippen molar-refractivity contribution in [1.29, 1.82) is 0 Å². The Kier molecular flexibility index (Phi) is 3.29. The first-order valence-electron chi connectivity index (χ1n) is 5.33. The van der Waals surface area contributed by atoms with Gasteiger partial charge in [0.25, 0.3) is 0 Å². The van der Waals surface area contributed by atoms with E-state index >= 15 is 0 Å². The van der Waals surface area contributed by atoms with E-state index in [4.69, 9.17) is 16.3 Å². The normalized spacial score (nSPS) is 10.8. The van der Waals surface area contributed by atoms with Gasteiger partial charge in [-0.2, -0.15) is 0 Å². The van der Waals surface area contributed by atoms with Crippen molar-refractivity contribution in [2.24, 2.45) is 0 Å². The second kappa shape index (κ2) is 4.72. The summed E-state index contributed by atoms with van der Waals surface area (Å²) in [5.41, 5.74) is 1.29. The molecule has 1 aromatic carbocycles. The van der Waals surface area contributed by atoms with E-state index in [0.717, 1.165) is 10.9 Å². The van der Waals surface area contributed by atoms with E-state index in [-0.39, 0.29) is 12.1 Å². The fourth-order valence-electron chi connectivity index (χ4n) is 1.51. The Labute approximate surface area is 104 Å². The Morgan fingerprint density at radius 3 is 2.76 bits per heavy atom. The Balaban J connectivity index is 2.38. The highest BCUT2D eigenvalue weighted by molar-refractivity contribution is 6.29. The first-order chi connectivity index (χ1) is 8.06. The van der Waals surface area contributed by atoms with E-state index in [1.54, 1.807) is 24.3 Å². The Bertz CT molecular complexity index is 566. The average molecular weight is 250 g/mol. The van der Waals surface area contributed by atoms with Crippen molar-refractivity contribution in [2.75, 3.05) is 0 Å². The van der Waals surface area contributed by atoms with Crippen molar-refractivity contribution in [3.63, 3.8) is 0 Å². The molecule has 3 nitrogen and oxygen atoms in total. The molecule has 88 valence electrons. The first-order valence-corrected chi connectivity index (χ1v) is 5.71. The molecule has 0 spiro atoms. The van der Waals surface area contributed by atoms with Gasteiger partial charge in [-0.25, -0.2) is 9.78 Å². The number of carbonyl (C=O) groups is 1. The van der Waals surface area contributed by atoms with Gasteiger partial charge in [0, 0.05) is 5.39 Å². The molecule has 0 atom stereocenters. The van der Waals surface area contributed by atoms with E-state index in [9.17, 15) is 4.79 Å². The summed E-state index contributed by atoms with van der Waals surface area (Å²) < 4.78 is 5.12. The van der Waals surface area contributed by atoms with Crippen LogP contribution in [0.1, 0.15) is 24.2 Å². The molecule has 0 saturated heterocycles. The van der Waals surface area contributed by atoms with Crippen molar-refractivity contribution in [3.05, 3.63) is 41.0 Å². The second-order valence-electron chi connectivity index (χ2n) is 4.00. The third-order valence-electron chi connectivity index (χ3n) is 2.23. The fourth-order valence-corrected chi connectivity index (χ4v) is 1.66. The molecule has 17 heavy (non-hydrogen) atoms. The number of esters is 1. The molecule has 0 radical (unpaired) electrons.